The zero-order chi connectivity index (χ0) is 15.8. The summed E-state index contributed by atoms with van der Waals surface area (Å²) in [5.41, 5.74) is 2.42. The third kappa shape index (κ3) is 2.54. The number of thiophene rings is 1. The Morgan fingerprint density at radius 1 is 1.00 bits per heavy atom. The van der Waals surface area contributed by atoms with Crippen LogP contribution in [0, 0.1) is 0 Å². The number of ketones is 1. The lowest BCUT2D eigenvalue weighted by molar-refractivity contribution is 0.101. The lowest BCUT2D eigenvalue weighted by Gasteiger charge is -2.09. The van der Waals surface area contributed by atoms with E-state index < -0.39 is 0 Å². The molecule has 0 fully saturated rings. The minimum absolute atomic E-state index is 0.0754. The van der Waals surface area contributed by atoms with Crippen LogP contribution < -0.4 is 4.74 Å². The molecule has 1 aliphatic rings. The van der Waals surface area contributed by atoms with Crippen molar-refractivity contribution in [3.63, 3.8) is 0 Å². The van der Waals surface area contributed by atoms with Gasteiger partial charge in [-0.3, -0.25) is 4.79 Å². The number of rotatable bonds is 2. The highest BCUT2D eigenvalue weighted by Crippen LogP contribution is 2.39. The molecule has 3 aromatic rings. The second-order valence-electron chi connectivity index (χ2n) is 5.12. The first-order valence-corrected chi connectivity index (χ1v) is 8.77. The zero-order valence-electron chi connectivity index (χ0n) is 12.0. The van der Waals surface area contributed by atoms with E-state index in [1.807, 2.05) is 66.0 Å². The molecule has 2 nitrogen and oxygen atoms in total. The lowest BCUT2D eigenvalue weighted by atomic mass is 10.00. The summed E-state index contributed by atoms with van der Waals surface area (Å²) in [5, 5.41) is 2.00. The molecule has 0 saturated heterocycles. The summed E-state index contributed by atoms with van der Waals surface area (Å²) < 4.78 is 6.80. The van der Waals surface area contributed by atoms with Crippen LogP contribution in [0.15, 0.2) is 76.3 Å². The summed E-state index contributed by atoms with van der Waals surface area (Å²) in [4.78, 5) is 13.9. The number of halogens is 1. The Hall–Kier alpha value is -2.17. The Labute approximate surface area is 146 Å². The van der Waals surface area contributed by atoms with E-state index >= 15 is 0 Å². The van der Waals surface area contributed by atoms with E-state index in [4.69, 9.17) is 4.74 Å². The fourth-order valence-electron chi connectivity index (χ4n) is 2.62. The van der Waals surface area contributed by atoms with E-state index in [-0.39, 0.29) is 5.78 Å². The van der Waals surface area contributed by atoms with Gasteiger partial charge in [-0.25, -0.2) is 0 Å². The van der Waals surface area contributed by atoms with Crippen molar-refractivity contribution < 1.29 is 9.53 Å². The first-order valence-electron chi connectivity index (χ1n) is 7.10. The van der Waals surface area contributed by atoms with E-state index in [2.05, 4.69) is 15.9 Å². The summed E-state index contributed by atoms with van der Waals surface area (Å²) in [6, 6.07) is 19.4. The van der Waals surface area contributed by atoms with Gasteiger partial charge in [0.1, 0.15) is 5.75 Å². The number of benzene rings is 2. The van der Waals surface area contributed by atoms with E-state index in [1.54, 1.807) is 11.3 Å². The number of carbonyl (C=O) groups is 1. The van der Waals surface area contributed by atoms with Gasteiger partial charge in [-0.05, 0) is 35.2 Å². The SMILES string of the molecule is O=C1C(=C(c2ccccc2)c2cccs2)Oc2ccc(Br)cc21. The van der Waals surface area contributed by atoms with Crippen molar-refractivity contribution >= 4 is 38.6 Å². The molecular weight excluding hydrogens is 372 g/mol. The maximum absolute atomic E-state index is 12.9. The fraction of sp³-hybridized carbons (Fsp3) is 0. The summed E-state index contributed by atoms with van der Waals surface area (Å²) in [6.45, 7) is 0. The molecule has 1 aliphatic heterocycles. The van der Waals surface area contributed by atoms with Crippen molar-refractivity contribution in [2.45, 2.75) is 0 Å². The number of ether oxygens (including phenoxy) is 1. The van der Waals surface area contributed by atoms with Crippen LogP contribution in [-0.2, 0) is 0 Å². The first kappa shape index (κ1) is 14.4. The van der Waals surface area contributed by atoms with E-state index in [0.29, 0.717) is 17.1 Å². The maximum Gasteiger partial charge on any atom is 0.232 e. The van der Waals surface area contributed by atoms with Gasteiger partial charge in [0.15, 0.2) is 5.76 Å². The quantitative estimate of drug-likeness (QED) is 0.543. The molecular formula is C19H11BrO2S. The Morgan fingerprint density at radius 2 is 1.83 bits per heavy atom. The van der Waals surface area contributed by atoms with Crippen LogP contribution in [0.5, 0.6) is 5.75 Å². The van der Waals surface area contributed by atoms with Crippen LogP contribution in [0.2, 0.25) is 0 Å². The predicted molar refractivity (Wildman–Crippen MR) is 95.9 cm³/mol. The molecule has 4 heteroatoms. The Morgan fingerprint density at radius 3 is 2.57 bits per heavy atom. The average molecular weight is 383 g/mol. The normalized spacial score (nSPS) is 15.3. The van der Waals surface area contributed by atoms with Crippen LogP contribution in [0.3, 0.4) is 0 Å². The van der Waals surface area contributed by atoms with Crippen molar-refractivity contribution in [1.29, 1.82) is 0 Å². The summed E-state index contributed by atoms with van der Waals surface area (Å²) in [5.74, 6) is 0.929. The maximum atomic E-state index is 12.9. The molecule has 1 aromatic heterocycles. The predicted octanol–water partition coefficient (Wildman–Crippen LogP) is 5.55. The number of allylic oxidation sites excluding steroid dienone is 1. The highest BCUT2D eigenvalue weighted by atomic mass is 79.9. The summed E-state index contributed by atoms with van der Waals surface area (Å²) in [7, 11) is 0. The van der Waals surface area contributed by atoms with E-state index in [1.165, 1.54) is 0 Å². The monoisotopic (exact) mass is 382 g/mol. The Kier molecular flexibility index (Phi) is 3.63. The van der Waals surface area contributed by atoms with Gasteiger partial charge >= 0.3 is 0 Å². The third-order valence-corrected chi connectivity index (χ3v) is 5.04. The van der Waals surface area contributed by atoms with Crippen molar-refractivity contribution in [3.8, 4) is 5.75 Å². The standard InChI is InChI=1S/C19H11BrO2S/c20-13-8-9-15-14(11-13)18(21)19(22-15)17(16-7-4-10-23-16)12-5-2-1-3-6-12/h1-11H. The van der Waals surface area contributed by atoms with Crippen LogP contribution in [0.1, 0.15) is 20.8 Å². The van der Waals surface area contributed by atoms with Crippen LogP contribution >= 0.6 is 27.3 Å². The van der Waals surface area contributed by atoms with E-state index in [9.17, 15) is 4.79 Å². The molecule has 0 N–H and O–H groups in total. The molecule has 0 bridgehead atoms. The molecule has 0 spiro atoms. The Balaban J connectivity index is 1.94. The highest BCUT2D eigenvalue weighted by molar-refractivity contribution is 9.10. The van der Waals surface area contributed by atoms with Crippen molar-refractivity contribution in [2.75, 3.05) is 0 Å². The average Bonchev–Trinajstić information content (AvgIpc) is 3.19. The minimum Gasteiger partial charge on any atom is -0.452 e. The van der Waals surface area contributed by atoms with Gasteiger partial charge in [0.2, 0.25) is 5.78 Å². The zero-order valence-corrected chi connectivity index (χ0v) is 14.4. The molecule has 0 atom stereocenters. The van der Waals surface area contributed by atoms with Gasteiger partial charge in [-0.15, -0.1) is 11.3 Å². The van der Waals surface area contributed by atoms with Crippen molar-refractivity contribution in [3.05, 3.63) is 92.3 Å². The third-order valence-electron chi connectivity index (χ3n) is 3.66. The fourth-order valence-corrected chi connectivity index (χ4v) is 3.77. The van der Waals surface area contributed by atoms with Gasteiger partial charge in [-0.1, -0.05) is 52.3 Å². The second kappa shape index (κ2) is 5.80. The molecule has 0 unspecified atom stereocenters. The highest BCUT2D eigenvalue weighted by Gasteiger charge is 2.31. The molecule has 23 heavy (non-hydrogen) atoms. The van der Waals surface area contributed by atoms with E-state index in [0.717, 1.165) is 20.5 Å². The summed E-state index contributed by atoms with van der Waals surface area (Å²) >= 11 is 5.01. The molecule has 0 amide bonds. The van der Waals surface area contributed by atoms with Gasteiger partial charge < -0.3 is 4.74 Å². The minimum atomic E-state index is -0.0754. The Bertz CT molecular complexity index is 912. The second-order valence-corrected chi connectivity index (χ2v) is 6.98. The molecule has 2 heterocycles. The van der Waals surface area contributed by atoms with Gasteiger partial charge in [0.05, 0.1) is 5.56 Å². The van der Waals surface area contributed by atoms with Gasteiger partial charge in [0.25, 0.3) is 0 Å². The molecule has 0 aliphatic carbocycles. The molecule has 0 radical (unpaired) electrons. The number of fused-ring (bicyclic) bond motifs is 1. The number of Topliss-reactive ketones (excluding diaryl/α,β-unsaturated/α-hetero) is 1. The summed E-state index contributed by atoms with van der Waals surface area (Å²) in [6.07, 6.45) is 0. The topological polar surface area (TPSA) is 26.3 Å². The molecule has 0 saturated carbocycles. The molecule has 2 aromatic carbocycles. The van der Waals surface area contributed by atoms with Gasteiger partial charge in [0, 0.05) is 14.9 Å². The molecule has 4 rings (SSSR count). The lowest BCUT2D eigenvalue weighted by Crippen LogP contribution is -2.04. The number of carbonyl (C=O) groups excluding carboxylic acids is 1. The van der Waals surface area contributed by atoms with Crippen LogP contribution in [0.4, 0.5) is 0 Å². The van der Waals surface area contributed by atoms with Crippen LogP contribution in [0.25, 0.3) is 5.57 Å². The molecule has 112 valence electrons. The van der Waals surface area contributed by atoms with Gasteiger partial charge in [-0.2, -0.15) is 0 Å². The van der Waals surface area contributed by atoms with Crippen molar-refractivity contribution in [1.82, 2.24) is 0 Å². The number of hydrogen-bond donors (Lipinski definition) is 0. The van der Waals surface area contributed by atoms with Crippen molar-refractivity contribution in [2.24, 2.45) is 0 Å². The number of hydrogen-bond acceptors (Lipinski definition) is 3. The smallest absolute Gasteiger partial charge is 0.232 e. The first-order chi connectivity index (χ1) is 11.2. The van der Waals surface area contributed by atoms with Crippen LogP contribution in [-0.4, -0.2) is 5.78 Å². The largest absolute Gasteiger partial charge is 0.452 e.